The van der Waals surface area contributed by atoms with Gasteiger partial charge in [0.25, 0.3) is 0 Å². The zero-order chi connectivity index (χ0) is 13.2. The van der Waals surface area contributed by atoms with E-state index in [-0.39, 0.29) is 6.42 Å². The first-order chi connectivity index (χ1) is 8.44. The SMILES string of the molecule is O=C(O)[C@]1(CCc2ccccc2)COS(=O)(=O)O1. The molecule has 18 heavy (non-hydrogen) atoms. The quantitative estimate of drug-likeness (QED) is 0.869. The van der Waals surface area contributed by atoms with Gasteiger partial charge in [0.1, 0.15) is 6.61 Å². The van der Waals surface area contributed by atoms with Crippen molar-refractivity contribution in [1.29, 1.82) is 0 Å². The van der Waals surface area contributed by atoms with E-state index in [1.807, 2.05) is 30.3 Å². The molecule has 1 aliphatic heterocycles. The molecule has 1 aromatic rings. The number of carboxylic acid groups (broad SMARTS) is 1. The first-order valence-corrected chi connectivity index (χ1v) is 6.64. The Morgan fingerprint density at radius 1 is 1.33 bits per heavy atom. The Balaban J connectivity index is 2.12. The van der Waals surface area contributed by atoms with Gasteiger partial charge in [0, 0.05) is 0 Å². The van der Waals surface area contributed by atoms with Gasteiger partial charge in [-0.15, -0.1) is 0 Å². The summed E-state index contributed by atoms with van der Waals surface area (Å²) in [7, 11) is -4.18. The van der Waals surface area contributed by atoms with Crippen molar-refractivity contribution in [2.75, 3.05) is 6.61 Å². The predicted octanol–water partition coefficient (Wildman–Crippen LogP) is 0.734. The van der Waals surface area contributed by atoms with Gasteiger partial charge in [-0.05, 0) is 18.4 Å². The van der Waals surface area contributed by atoms with Gasteiger partial charge in [0.2, 0.25) is 5.60 Å². The van der Waals surface area contributed by atoms with Gasteiger partial charge >= 0.3 is 16.4 Å². The maximum Gasteiger partial charge on any atom is 0.401 e. The number of rotatable bonds is 4. The van der Waals surface area contributed by atoms with Gasteiger partial charge in [-0.3, -0.25) is 0 Å². The topological polar surface area (TPSA) is 89.9 Å². The molecule has 1 heterocycles. The fourth-order valence-corrected chi connectivity index (χ4v) is 2.70. The Hall–Kier alpha value is -1.44. The van der Waals surface area contributed by atoms with E-state index in [2.05, 4.69) is 8.37 Å². The van der Waals surface area contributed by atoms with Crippen LogP contribution in [0.1, 0.15) is 12.0 Å². The van der Waals surface area contributed by atoms with Gasteiger partial charge in [-0.2, -0.15) is 8.42 Å². The fourth-order valence-electron chi connectivity index (χ4n) is 1.72. The van der Waals surface area contributed by atoms with E-state index in [9.17, 15) is 13.2 Å². The zero-order valence-corrected chi connectivity index (χ0v) is 10.2. The summed E-state index contributed by atoms with van der Waals surface area (Å²) in [5.74, 6) is -1.33. The molecule has 0 aliphatic carbocycles. The Labute approximate surface area is 104 Å². The summed E-state index contributed by atoms with van der Waals surface area (Å²) in [6, 6.07) is 9.16. The number of carboxylic acids is 1. The van der Waals surface area contributed by atoms with Crippen molar-refractivity contribution >= 4 is 16.4 Å². The van der Waals surface area contributed by atoms with E-state index in [0.29, 0.717) is 6.42 Å². The number of aryl methyl sites for hydroxylation is 1. The highest BCUT2D eigenvalue weighted by atomic mass is 32.3. The van der Waals surface area contributed by atoms with Gasteiger partial charge in [0.15, 0.2) is 0 Å². The maximum absolute atomic E-state index is 11.2. The van der Waals surface area contributed by atoms with E-state index in [4.69, 9.17) is 5.11 Å². The van der Waals surface area contributed by atoms with E-state index in [1.54, 1.807) is 0 Å². The van der Waals surface area contributed by atoms with Crippen LogP contribution in [0.25, 0.3) is 0 Å². The van der Waals surface area contributed by atoms with E-state index < -0.39 is 28.6 Å². The van der Waals surface area contributed by atoms with Crippen LogP contribution in [0.5, 0.6) is 0 Å². The molecule has 98 valence electrons. The van der Waals surface area contributed by atoms with Crippen LogP contribution in [0, 0.1) is 0 Å². The third-order valence-corrected chi connectivity index (χ3v) is 3.68. The van der Waals surface area contributed by atoms with Gasteiger partial charge in [-0.25, -0.2) is 13.2 Å². The first kappa shape index (κ1) is 13.0. The molecule has 0 aromatic heterocycles. The van der Waals surface area contributed by atoms with Crippen molar-refractivity contribution in [1.82, 2.24) is 0 Å². The molecule has 1 aliphatic rings. The molecule has 1 atom stereocenters. The van der Waals surface area contributed by atoms with Crippen LogP contribution in [0.3, 0.4) is 0 Å². The first-order valence-electron chi connectivity index (χ1n) is 5.31. The Kier molecular flexibility index (Phi) is 3.38. The van der Waals surface area contributed by atoms with E-state index in [1.165, 1.54) is 0 Å². The molecular weight excluding hydrogens is 260 g/mol. The molecule has 0 unspecified atom stereocenters. The van der Waals surface area contributed by atoms with Crippen LogP contribution in [0.15, 0.2) is 30.3 Å². The second-order valence-corrected chi connectivity index (χ2v) is 5.26. The molecule has 6 nitrogen and oxygen atoms in total. The summed E-state index contributed by atoms with van der Waals surface area (Å²) >= 11 is 0. The molecule has 0 radical (unpaired) electrons. The molecule has 0 amide bonds. The molecule has 2 rings (SSSR count). The van der Waals surface area contributed by atoms with Gasteiger partial charge < -0.3 is 5.11 Å². The minimum absolute atomic E-state index is 0.0333. The van der Waals surface area contributed by atoms with Crippen LogP contribution in [-0.4, -0.2) is 31.7 Å². The Bertz CT molecular complexity index is 538. The van der Waals surface area contributed by atoms with Crippen molar-refractivity contribution in [3.8, 4) is 0 Å². The third kappa shape index (κ3) is 2.69. The van der Waals surface area contributed by atoms with Crippen LogP contribution < -0.4 is 0 Å². The molecule has 7 heteroatoms. The molecular formula is C11H12O6S. The molecule has 1 fully saturated rings. The van der Waals surface area contributed by atoms with Crippen molar-refractivity contribution in [3.05, 3.63) is 35.9 Å². The second kappa shape index (κ2) is 4.68. The minimum atomic E-state index is -4.18. The van der Waals surface area contributed by atoms with E-state index in [0.717, 1.165) is 5.56 Å². The number of carbonyl (C=O) groups is 1. The second-order valence-electron chi connectivity index (χ2n) is 4.04. The molecule has 1 aromatic carbocycles. The normalized spacial score (nSPS) is 26.0. The van der Waals surface area contributed by atoms with E-state index >= 15 is 0 Å². The third-order valence-electron chi connectivity index (χ3n) is 2.75. The lowest BCUT2D eigenvalue weighted by Gasteiger charge is -2.18. The average molecular weight is 272 g/mol. The standard InChI is InChI=1S/C11H12O6S/c12-10(13)11(8-16-18(14,15)17-11)7-6-9-4-2-1-3-5-9/h1-5H,6-8H2,(H,12,13)/t11-/m0/s1. The van der Waals surface area contributed by atoms with Crippen LogP contribution >= 0.6 is 0 Å². The maximum atomic E-state index is 11.2. The molecule has 0 spiro atoms. The lowest BCUT2D eigenvalue weighted by atomic mass is 9.96. The van der Waals surface area contributed by atoms with Gasteiger partial charge in [0.05, 0.1) is 0 Å². The minimum Gasteiger partial charge on any atom is -0.479 e. The Morgan fingerprint density at radius 3 is 2.50 bits per heavy atom. The van der Waals surface area contributed by atoms with Crippen molar-refractivity contribution in [3.63, 3.8) is 0 Å². The Morgan fingerprint density at radius 2 is 2.00 bits per heavy atom. The molecule has 0 saturated carbocycles. The van der Waals surface area contributed by atoms with Gasteiger partial charge in [-0.1, -0.05) is 30.3 Å². The van der Waals surface area contributed by atoms with Crippen molar-refractivity contribution in [2.45, 2.75) is 18.4 Å². The van der Waals surface area contributed by atoms with Crippen LogP contribution in [-0.2, 0) is 30.0 Å². The summed E-state index contributed by atoms with van der Waals surface area (Å²) in [6.45, 7) is -0.489. The lowest BCUT2D eigenvalue weighted by molar-refractivity contribution is -0.154. The van der Waals surface area contributed by atoms with Crippen molar-refractivity contribution < 1.29 is 26.7 Å². The highest BCUT2D eigenvalue weighted by Crippen LogP contribution is 2.29. The summed E-state index contributed by atoms with van der Waals surface area (Å²) in [5.41, 5.74) is -0.902. The highest BCUT2D eigenvalue weighted by molar-refractivity contribution is 7.82. The lowest BCUT2D eigenvalue weighted by Crippen LogP contribution is -2.41. The predicted molar refractivity (Wildman–Crippen MR) is 61.1 cm³/mol. The monoisotopic (exact) mass is 272 g/mol. The molecule has 1 N–H and O–H groups in total. The number of hydrogen-bond acceptors (Lipinski definition) is 5. The highest BCUT2D eigenvalue weighted by Gasteiger charge is 2.51. The van der Waals surface area contributed by atoms with Crippen LogP contribution in [0.2, 0.25) is 0 Å². The zero-order valence-electron chi connectivity index (χ0n) is 9.40. The molecule has 1 saturated heterocycles. The fraction of sp³-hybridized carbons (Fsp3) is 0.364. The summed E-state index contributed by atoms with van der Waals surface area (Å²) in [6.07, 6.45) is 0.428. The summed E-state index contributed by atoms with van der Waals surface area (Å²) in [5, 5.41) is 9.10. The number of hydrogen-bond donors (Lipinski definition) is 1. The number of aliphatic carboxylic acids is 1. The number of benzene rings is 1. The average Bonchev–Trinajstić information content (AvgIpc) is 2.65. The summed E-state index contributed by atoms with van der Waals surface area (Å²) < 4.78 is 31.1. The van der Waals surface area contributed by atoms with Crippen LogP contribution in [0.4, 0.5) is 0 Å². The largest absolute Gasteiger partial charge is 0.479 e. The summed E-state index contributed by atoms with van der Waals surface area (Å²) in [4.78, 5) is 11.2. The van der Waals surface area contributed by atoms with Crippen molar-refractivity contribution in [2.24, 2.45) is 0 Å². The smallest absolute Gasteiger partial charge is 0.401 e. The molecule has 0 bridgehead atoms.